The molecule has 0 aliphatic heterocycles. The summed E-state index contributed by atoms with van der Waals surface area (Å²) >= 11 is 35.3. The molecular weight excluding hydrogens is 365 g/mol. The van der Waals surface area contributed by atoms with Crippen LogP contribution < -0.4 is 0 Å². The second-order valence-corrected chi connectivity index (χ2v) is 5.60. The standard InChI is InChI=1S/C10H2Cl6O2/c11-3-1-2(4(12)7(15)6(3)14)9(17)8(16)10(18)5(1)13/h17-18H. The van der Waals surface area contributed by atoms with E-state index < -0.39 is 11.5 Å². The van der Waals surface area contributed by atoms with Crippen molar-refractivity contribution in [2.45, 2.75) is 0 Å². The van der Waals surface area contributed by atoms with Crippen LogP contribution in [-0.2, 0) is 0 Å². The van der Waals surface area contributed by atoms with Gasteiger partial charge >= 0.3 is 0 Å². The van der Waals surface area contributed by atoms with Crippen molar-refractivity contribution in [3.05, 3.63) is 30.1 Å². The van der Waals surface area contributed by atoms with E-state index in [1.54, 1.807) is 0 Å². The zero-order valence-electron chi connectivity index (χ0n) is 8.16. The van der Waals surface area contributed by atoms with Gasteiger partial charge in [-0.15, -0.1) is 0 Å². The molecule has 0 saturated heterocycles. The second-order valence-electron chi connectivity index (χ2n) is 3.33. The topological polar surface area (TPSA) is 40.5 Å². The van der Waals surface area contributed by atoms with Gasteiger partial charge < -0.3 is 10.2 Å². The molecule has 0 saturated carbocycles. The molecule has 0 amide bonds. The lowest BCUT2D eigenvalue weighted by Gasteiger charge is -2.13. The fourth-order valence-corrected chi connectivity index (χ4v) is 3.10. The third-order valence-electron chi connectivity index (χ3n) is 2.35. The molecule has 0 atom stereocenters. The largest absolute Gasteiger partial charge is 0.506 e. The van der Waals surface area contributed by atoms with E-state index in [0.717, 1.165) is 0 Å². The molecule has 96 valence electrons. The van der Waals surface area contributed by atoms with Crippen molar-refractivity contribution in [1.82, 2.24) is 0 Å². The number of fused-ring (bicyclic) bond motifs is 1. The zero-order valence-corrected chi connectivity index (χ0v) is 12.7. The first-order valence-electron chi connectivity index (χ1n) is 4.33. The van der Waals surface area contributed by atoms with Gasteiger partial charge in [-0.2, -0.15) is 0 Å². The van der Waals surface area contributed by atoms with Crippen molar-refractivity contribution in [1.29, 1.82) is 0 Å². The maximum atomic E-state index is 9.89. The summed E-state index contributed by atoms with van der Waals surface area (Å²) in [4.78, 5) is 0. The van der Waals surface area contributed by atoms with E-state index in [2.05, 4.69) is 0 Å². The van der Waals surface area contributed by atoms with Crippen LogP contribution in [0, 0.1) is 0 Å². The Kier molecular flexibility index (Phi) is 3.90. The molecular formula is C10H2Cl6O2. The van der Waals surface area contributed by atoms with Gasteiger partial charge in [-0.1, -0.05) is 69.6 Å². The SMILES string of the molecule is Oc1c(Cl)c(O)c2c(Cl)c(Cl)c(Cl)c(Cl)c2c1Cl. The Balaban J connectivity index is 3.22. The minimum atomic E-state index is -0.514. The van der Waals surface area contributed by atoms with E-state index in [0.29, 0.717) is 0 Å². The van der Waals surface area contributed by atoms with Crippen molar-refractivity contribution >= 4 is 80.4 Å². The Bertz CT molecular complexity index is 569. The van der Waals surface area contributed by atoms with Crippen LogP contribution in [0.25, 0.3) is 10.8 Å². The third kappa shape index (κ3) is 1.87. The Morgan fingerprint density at radius 2 is 0.889 bits per heavy atom. The van der Waals surface area contributed by atoms with Gasteiger partial charge in [0.2, 0.25) is 0 Å². The summed E-state index contributed by atoms with van der Waals surface area (Å²) in [6.45, 7) is 0. The molecule has 0 spiro atoms. The van der Waals surface area contributed by atoms with Gasteiger partial charge in [-0.3, -0.25) is 0 Å². The van der Waals surface area contributed by atoms with Crippen LogP contribution in [0.15, 0.2) is 0 Å². The van der Waals surface area contributed by atoms with Crippen LogP contribution in [0.4, 0.5) is 0 Å². The third-order valence-corrected chi connectivity index (χ3v) is 4.88. The number of benzene rings is 2. The fraction of sp³-hybridized carbons (Fsp3) is 0. The first-order chi connectivity index (χ1) is 8.29. The predicted octanol–water partition coefficient (Wildman–Crippen LogP) is 6.17. The van der Waals surface area contributed by atoms with Crippen LogP contribution in [0.5, 0.6) is 11.5 Å². The average Bonchev–Trinajstić information content (AvgIpc) is 2.35. The Labute approximate surface area is 132 Å². The lowest BCUT2D eigenvalue weighted by Crippen LogP contribution is -1.86. The van der Waals surface area contributed by atoms with Gasteiger partial charge in [-0.05, 0) is 0 Å². The minimum Gasteiger partial charge on any atom is -0.506 e. The van der Waals surface area contributed by atoms with Crippen LogP contribution in [0.3, 0.4) is 0 Å². The van der Waals surface area contributed by atoms with Crippen molar-refractivity contribution in [3.8, 4) is 11.5 Å². The van der Waals surface area contributed by atoms with Crippen LogP contribution in [0.1, 0.15) is 0 Å². The van der Waals surface area contributed by atoms with E-state index >= 15 is 0 Å². The van der Waals surface area contributed by atoms with Crippen LogP contribution >= 0.6 is 69.6 Å². The molecule has 2 aromatic rings. The van der Waals surface area contributed by atoms with E-state index in [-0.39, 0.29) is 40.9 Å². The summed E-state index contributed by atoms with van der Waals surface area (Å²) in [5, 5.41) is 19.0. The lowest BCUT2D eigenvalue weighted by molar-refractivity contribution is 0.456. The maximum Gasteiger partial charge on any atom is 0.157 e. The van der Waals surface area contributed by atoms with Gasteiger partial charge in [0.25, 0.3) is 0 Å². The summed E-state index contributed by atoms with van der Waals surface area (Å²) in [6, 6.07) is 0. The van der Waals surface area contributed by atoms with E-state index in [4.69, 9.17) is 69.6 Å². The minimum absolute atomic E-state index is 0.0288. The fourth-order valence-electron chi connectivity index (χ4n) is 1.50. The summed E-state index contributed by atoms with van der Waals surface area (Å²) in [7, 11) is 0. The number of halogens is 6. The van der Waals surface area contributed by atoms with Gasteiger partial charge in [0.1, 0.15) is 10.8 Å². The number of hydrogen-bond donors (Lipinski definition) is 2. The van der Waals surface area contributed by atoms with E-state index in [1.165, 1.54) is 0 Å². The predicted molar refractivity (Wildman–Crippen MR) is 77.3 cm³/mol. The first kappa shape index (κ1) is 14.4. The Morgan fingerprint density at radius 1 is 0.444 bits per heavy atom. The molecule has 2 N–H and O–H groups in total. The van der Waals surface area contributed by atoms with Gasteiger partial charge in [-0.25, -0.2) is 0 Å². The smallest absolute Gasteiger partial charge is 0.157 e. The molecule has 0 radical (unpaired) electrons. The Hall–Kier alpha value is 0.0400. The molecule has 2 rings (SSSR count). The highest BCUT2D eigenvalue weighted by Crippen LogP contribution is 2.53. The quantitative estimate of drug-likeness (QED) is 0.432. The second kappa shape index (κ2) is 4.86. The molecule has 18 heavy (non-hydrogen) atoms. The van der Waals surface area contributed by atoms with E-state index in [9.17, 15) is 10.2 Å². The lowest BCUT2D eigenvalue weighted by atomic mass is 10.1. The molecule has 0 unspecified atom stereocenters. The summed E-state index contributed by atoms with van der Waals surface area (Å²) in [5.74, 6) is -0.987. The molecule has 0 aromatic heterocycles. The highest BCUT2D eigenvalue weighted by atomic mass is 35.5. The zero-order chi connectivity index (χ0) is 13.8. The summed E-state index contributed by atoms with van der Waals surface area (Å²) in [5.41, 5.74) is 0. The number of hydrogen-bond acceptors (Lipinski definition) is 2. The van der Waals surface area contributed by atoms with Gasteiger partial charge in [0, 0.05) is 10.8 Å². The van der Waals surface area contributed by atoms with Crippen LogP contribution in [0.2, 0.25) is 30.1 Å². The molecule has 2 nitrogen and oxygen atoms in total. The Morgan fingerprint density at radius 3 is 1.39 bits per heavy atom. The van der Waals surface area contributed by atoms with Gasteiger partial charge in [0.05, 0.1) is 25.1 Å². The highest BCUT2D eigenvalue weighted by Gasteiger charge is 2.24. The molecule has 0 bridgehead atoms. The number of phenolic OH excluding ortho intramolecular Hbond substituents is 2. The average molecular weight is 367 g/mol. The first-order valence-corrected chi connectivity index (χ1v) is 6.60. The van der Waals surface area contributed by atoms with Crippen molar-refractivity contribution in [2.75, 3.05) is 0 Å². The molecule has 2 aromatic carbocycles. The molecule has 8 heteroatoms. The monoisotopic (exact) mass is 364 g/mol. The van der Waals surface area contributed by atoms with Crippen molar-refractivity contribution in [3.63, 3.8) is 0 Å². The van der Waals surface area contributed by atoms with Gasteiger partial charge in [0.15, 0.2) is 5.75 Å². The normalized spacial score (nSPS) is 11.2. The molecule has 0 aliphatic carbocycles. The van der Waals surface area contributed by atoms with E-state index in [1.807, 2.05) is 0 Å². The highest BCUT2D eigenvalue weighted by molar-refractivity contribution is 6.57. The number of rotatable bonds is 0. The number of phenols is 2. The molecule has 0 aliphatic rings. The maximum absolute atomic E-state index is 9.89. The summed E-state index contributed by atoms with van der Waals surface area (Å²) in [6.07, 6.45) is 0. The number of aromatic hydroxyl groups is 2. The molecule has 0 heterocycles. The van der Waals surface area contributed by atoms with Crippen molar-refractivity contribution in [2.24, 2.45) is 0 Å². The summed E-state index contributed by atoms with van der Waals surface area (Å²) < 4.78 is 0. The van der Waals surface area contributed by atoms with Crippen molar-refractivity contribution < 1.29 is 10.2 Å². The van der Waals surface area contributed by atoms with Crippen LogP contribution in [-0.4, -0.2) is 10.2 Å². The molecule has 0 fully saturated rings.